The van der Waals surface area contributed by atoms with Crippen LogP contribution < -0.4 is 5.73 Å². The van der Waals surface area contributed by atoms with Crippen molar-refractivity contribution in [1.82, 2.24) is 4.90 Å². The molecule has 0 unspecified atom stereocenters. The van der Waals surface area contributed by atoms with Gasteiger partial charge in [-0.05, 0) is 19.4 Å². The van der Waals surface area contributed by atoms with Gasteiger partial charge in [-0.15, -0.1) is 0 Å². The molecule has 1 saturated heterocycles. The van der Waals surface area contributed by atoms with Crippen molar-refractivity contribution in [3.8, 4) is 0 Å². The highest BCUT2D eigenvalue weighted by molar-refractivity contribution is 5.19. The monoisotopic (exact) mass is 172 g/mol. The van der Waals surface area contributed by atoms with Gasteiger partial charge in [0.2, 0.25) is 0 Å². The Bertz CT molecular complexity index is 209. The number of hydrogen-bond donors (Lipinski definition) is 1. The molecule has 2 nitrogen and oxygen atoms in total. The second-order valence-electron chi connectivity index (χ2n) is 4.80. The number of fused-ring (bicyclic) bond motifs is 1. The van der Waals surface area contributed by atoms with Gasteiger partial charge in [-0.2, -0.15) is 0 Å². The molecule has 0 aromatic heterocycles. The van der Waals surface area contributed by atoms with E-state index in [9.17, 15) is 4.39 Å². The standard InChI is InChI=1S/C9H17FN2/c1-8-5-12(2)6-9(8,11)3-7(8)4-10/h7H,3-6,11H2,1-2H3/t7-,8+,9-/m1/s1. The topological polar surface area (TPSA) is 29.3 Å². The van der Waals surface area contributed by atoms with E-state index in [1.807, 2.05) is 0 Å². The molecule has 0 bridgehead atoms. The van der Waals surface area contributed by atoms with Gasteiger partial charge in [0, 0.05) is 24.0 Å². The Morgan fingerprint density at radius 1 is 1.58 bits per heavy atom. The smallest absolute Gasteiger partial charge is 0.0929 e. The highest BCUT2D eigenvalue weighted by Crippen LogP contribution is 2.57. The largest absolute Gasteiger partial charge is 0.323 e. The first-order valence-electron chi connectivity index (χ1n) is 4.55. The zero-order valence-electron chi connectivity index (χ0n) is 7.81. The van der Waals surface area contributed by atoms with E-state index in [1.165, 1.54) is 0 Å². The molecule has 0 aromatic rings. The van der Waals surface area contributed by atoms with Crippen molar-refractivity contribution in [3.63, 3.8) is 0 Å². The third kappa shape index (κ3) is 0.761. The van der Waals surface area contributed by atoms with Crippen LogP contribution in [0.2, 0.25) is 0 Å². The molecule has 3 heteroatoms. The molecule has 2 fully saturated rings. The maximum absolute atomic E-state index is 12.5. The number of halogens is 1. The zero-order valence-corrected chi connectivity index (χ0v) is 7.81. The Kier molecular flexibility index (Phi) is 1.55. The average Bonchev–Trinajstić information content (AvgIpc) is 2.13. The van der Waals surface area contributed by atoms with Crippen LogP contribution in [-0.2, 0) is 0 Å². The van der Waals surface area contributed by atoms with E-state index in [4.69, 9.17) is 5.73 Å². The lowest BCUT2D eigenvalue weighted by atomic mass is 9.51. The minimum atomic E-state index is -0.205. The van der Waals surface area contributed by atoms with E-state index in [2.05, 4.69) is 18.9 Å². The molecule has 1 aliphatic heterocycles. The fourth-order valence-corrected chi connectivity index (χ4v) is 3.03. The fourth-order valence-electron chi connectivity index (χ4n) is 3.03. The van der Waals surface area contributed by atoms with E-state index in [-0.39, 0.29) is 23.5 Å². The van der Waals surface area contributed by atoms with Gasteiger partial charge in [0.1, 0.15) is 0 Å². The first-order valence-corrected chi connectivity index (χ1v) is 4.55. The first-order chi connectivity index (χ1) is 5.52. The van der Waals surface area contributed by atoms with Gasteiger partial charge in [0.05, 0.1) is 6.67 Å². The SMILES string of the molecule is CN1C[C@]2(N)C[C@H](CF)[C@]2(C)C1. The molecule has 2 aliphatic rings. The molecule has 0 radical (unpaired) electrons. The van der Waals surface area contributed by atoms with Crippen molar-refractivity contribution >= 4 is 0 Å². The van der Waals surface area contributed by atoms with E-state index >= 15 is 0 Å². The quantitative estimate of drug-likeness (QED) is 0.628. The lowest BCUT2D eigenvalue weighted by Crippen LogP contribution is -2.67. The Morgan fingerprint density at radius 2 is 2.25 bits per heavy atom. The van der Waals surface area contributed by atoms with Gasteiger partial charge in [-0.3, -0.25) is 4.39 Å². The van der Waals surface area contributed by atoms with E-state index < -0.39 is 0 Å². The second-order valence-corrected chi connectivity index (χ2v) is 4.80. The lowest BCUT2D eigenvalue weighted by molar-refractivity contribution is -0.0328. The van der Waals surface area contributed by atoms with Crippen LogP contribution in [0, 0.1) is 11.3 Å². The highest BCUT2D eigenvalue weighted by atomic mass is 19.1. The number of nitrogens with zero attached hydrogens (tertiary/aromatic N) is 1. The molecule has 2 rings (SSSR count). The molecule has 1 aliphatic carbocycles. The number of likely N-dealkylation sites (N-methyl/N-ethyl adjacent to an activating group) is 1. The van der Waals surface area contributed by atoms with Crippen molar-refractivity contribution in [2.24, 2.45) is 17.1 Å². The van der Waals surface area contributed by atoms with Gasteiger partial charge >= 0.3 is 0 Å². The van der Waals surface area contributed by atoms with Crippen LogP contribution in [0.3, 0.4) is 0 Å². The van der Waals surface area contributed by atoms with Crippen LogP contribution in [0.1, 0.15) is 13.3 Å². The summed E-state index contributed by atoms with van der Waals surface area (Å²) in [6.45, 7) is 3.81. The van der Waals surface area contributed by atoms with Crippen LogP contribution in [0.4, 0.5) is 4.39 Å². The van der Waals surface area contributed by atoms with Gasteiger partial charge < -0.3 is 10.6 Å². The number of rotatable bonds is 1. The van der Waals surface area contributed by atoms with E-state index in [1.54, 1.807) is 0 Å². The molecule has 0 spiro atoms. The predicted octanol–water partition coefficient (Wildman–Crippen LogP) is 0.625. The van der Waals surface area contributed by atoms with Crippen molar-refractivity contribution < 1.29 is 4.39 Å². The zero-order chi connectivity index (χ0) is 8.98. The predicted molar refractivity (Wildman–Crippen MR) is 46.6 cm³/mol. The normalized spacial score (nSPS) is 53.5. The van der Waals surface area contributed by atoms with E-state index in [0.29, 0.717) is 0 Å². The lowest BCUT2D eigenvalue weighted by Gasteiger charge is -2.56. The van der Waals surface area contributed by atoms with Crippen LogP contribution in [-0.4, -0.2) is 37.3 Å². The van der Waals surface area contributed by atoms with Crippen molar-refractivity contribution in [2.45, 2.75) is 18.9 Å². The summed E-state index contributed by atoms with van der Waals surface area (Å²) in [5, 5.41) is 0. The Morgan fingerprint density at radius 3 is 2.75 bits per heavy atom. The summed E-state index contributed by atoms with van der Waals surface area (Å²) in [6.07, 6.45) is 0.865. The van der Waals surface area contributed by atoms with Gasteiger partial charge in [0.25, 0.3) is 0 Å². The number of likely N-dealkylation sites (tertiary alicyclic amines) is 1. The fraction of sp³-hybridized carbons (Fsp3) is 1.00. The summed E-state index contributed by atoms with van der Waals surface area (Å²) >= 11 is 0. The minimum Gasteiger partial charge on any atom is -0.323 e. The summed E-state index contributed by atoms with van der Waals surface area (Å²) in [7, 11) is 2.06. The van der Waals surface area contributed by atoms with Crippen LogP contribution in [0.5, 0.6) is 0 Å². The van der Waals surface area contributed by atoms with Gasteiger partial charge in [-0.1, -0.05) is 6.92 Å². The van der Waals surface area contributed by atoms with Crippen LogP contribution >= 0.6 is 0 Å². The van der Waals surface area contributed by atoms with Gasteiger partial charge in [-0.25, -0.2) is 0 Å². The molecule has 1 heterocycles. The summed E-state index contributed by atoms with van der Waals surface area (Å²) < 4.78 is 12.5. The number of hydrogen-bond acceptors (Lipinski definition) is 2. The number of alkyl halides is 1. The van der Waals surface area contributed by atoms with E-state index in [0.717, 1.165) is 19.5 Å². The van der Waals surface area contributed by atoms with Crippen molar-refractivity contribution in [2.75, 3.05) is 26.8 Å². The minimum absolute atomic E-state index is 0.0382. The highest BCUT2D eigenvalue weighted by Gasteiger charge is 2.64. The molecular formula is C9H17FN2. The molecule has 2 N–H and O–H groups in total. The van der Waals surface area contributed by atoms with Gasteiger partial charge in [0.15, 0.2) is 0 Å². The molecule has 3 atom stereocenters. The van der Waals surface area contributed by atoms with Crippen molar-refractivity contribution in [3.05, 3.63) is 0 Å². The Hall–Kier alpha value is -0.150. The second kappa shape index (κ2) is 2.20. The van der Waals surface area contributed by atoms with Crippen LogP contribution in [0.25, 0.3) is 0 Å². The summed E-state index contributed by atoms with van der Waals surface area (Å²) in [6, 6.07) is 0. The maximum atomic E-state index is 12.5. The molecular weight excluding hydrogens is 155 g/mol. The molecule has 0 aromatic carbocycles. The third-order valence-corrected chi connectivity index (χ3v) is 3.99. The third-order valence-electron chi connectivity index (χ3n) is 3.99. The summed E-state index contributed by atoms with van der Waals surface area (Å²) in [4.78, 5) is 2.22. The summed E-state index contributed by atoms with van der Waals surface area (Å²) in [5.41, 5.74) is 6.13. The van der Waals surface area contributed by atoms with Crippen molar-refractivity contribution in [1.29, 1.82) is 0 Å². The molecule has 0 amide bonds. The maximum Gasteiger partial charge on any atom is 0.0929 e. The van der Waals surface area contributed by atoms with Crippen LogP contribution in [0.15, 0.2) is 0 Å². The first kappa shape index (κ1) is 8.45. The Labute approximate surface area is 72.9 Å². The molecule has 1 saturated carbocycles. The average molecular weight is 172 g/mol. The molecule has 70 valence electrons. The summed E-state index contributed by atoms with van der Waals surface area (Å²) in [5.74, 6) is 0.201. The molecule has 12 heavy (non-hydrogen) atoms. The number of nitrogens with two attached hydrogens (primary N) is 1. The Balaban J connectivity index is 2.20.